The molecule has 0 spiro atoms. The van der Waals surface area contributed by atoms with Gasteiger partial charge in [-0.15, -0.1) is 0 Å². The molecule has 0 saturated carbocycles. The van der Waals surface area contributed by atoms with Crippen molar-refractivity contribution in [1.82, 2.24) is 5.32 Å². The summed E-state index contributed by atoms with van der Waals surface area (Å²) in [4.78, 5) is 23.7. The smallest absolute Gasteiger partial charge is 0.311 e. The van der Waals surface area contributed by atoms with E-state index < -0.39 is 11.4 Å². The van der Waals surface area contributed by atoms with Crippen LogP contribution >= 0.6 is 0 Å². The number of amides is 1. The Morgan fingerprint density at radius 2 is 1.71 bits per heavy atom. The Bertz CT molecular complexity index is 531. The zero-order chi connectivity index (χ0) is 16.3. The third-order valence-corrected chi connectivity index (χ3v) is 3.92. The summed E-state index contributed by atoms with van der Waals surface area (Å²) >= 11 is 0. The Balaban J connectivity index is 2.94. The molecule has 0 fully saturated rings. The van der Waals surface area contributed by atoms with E-state index in [1.165, 1.54) is 0 Å². The van der Waals surface area contributed by atoms with Gasteiger partial charge in [0.1, 0.15) is 0 Å². The molecule has 1 unspecified atom stereocenters. The van der Waals surface area contributed by atoms with Gasteiger partial charge in [0.05, 0.1) is 5.41 Å². The number of carboxylic acid groups (broad SMARTS) is 1. The second-order valence-electron chi connectivity index (χ2n) is 6.70. The normalized spacial score (nSPS) is 14.3. The topological polar surface area (TPSA) is 66.4 Å². The summed E-state index contributed by atoms with van der Waals surface area (Å²) in [6.07, 6.45) is 0.462. The summed E-state index contributed by atoms with van der Waals surface area (Å²) < 4.78 is 0. The van der Waals surface area contributed by atoms with Crippen LogP contribution in [0, 0.1) is 5.41 Å². The molecular formula is C17H25NO3. The Kier molecular flexibility index (Phi) is 5.15. The van der Waals surface area contributed by atoms with Crippen LogP contribution in [0.5, 0.6) is 0 Å². The highest BCUT2D eigenvalue weighted by molar-refractivity contribution is 5.96. The molecule has 1 aromatic carbocycles. The van der Waals surface area contributed by atoms with E-state index in [9.17, 15) is 14.7 Å². The van der Waals surface area contributed by atoms with Gasteiger partial charge < -0.3 is 10.4 Å². The molecule has 0 aliphatic rings. The van der Waals surface area contributed by atoms with Gasteiger partial charge in [-0.05, 0) is 30.4 Å². The van der Waals surface area contributed by atoms with Gasteiger partial charge >= 0.3 is 5.97 Å². The first-order valence-electron chi connectivity index (χ1n) is 7.23. The summed E-state index contributed by atoms with van der Waals surface area (Å²) in [7, 11) is 0. The fraction of sp³-hybridized carbons (Fsp3) is 0.529. The average molecular weight is 291 g/mol. The van der Waals surface area contributed by atoms with E-state index in [4.69, 9.17) is 0 Å². The molecule has 0 aliphatic heterocycles. The molecule has 116 valence electrons. The highest BCUT2D eigenvalue weighted by Gasteiger charge is 2.32. The van der Waals surface area contributed by atoms with E-state index >= 15 is 0 Å². The van der Waals surface area contributed by atoms with E-state index in [1.54, 1.807) is 13.0 Å². The van der Waals surface area contributed by atoms with Gasteiger partial charge in [0.15, 0.2) is 0 Å². The van der Waals surface area contributed by atoms with Crippen molar-refractivity contribution in [2.75, 3.05) is 6.54 Å². The van der Waals surface area contributed by atoms with Crippen LogP contribution in [0.3, 0.4) is 0 Å². The van der Waals surface area contributed by atoms with Gasteiger partial charge in [-0.3, -0.25) is 9.59 Å². The lowest BCUT2D eigenvalue weighted by Crippen LogP contribution is -2.41. The molecule has 1 aromatic rings. The molecule has 4 heteroatoms. The summed E-state index contributed by atoms with van der Waals surface area (Å²) in [5.74, 6) is -1.11. The van der Waals surface area contributed by atoms with Crippen LogP contribution in [-0.2, 0) is 10.2 Å². The molecule has 1 amide bonds. The fourth-order valence-corrected chi connectivity index (χ4v) is 2.06. The zero-order valence-electron chi connectivity index (χ0n) is 13.5. The van der Waals surface area contributed by atoms with Crippen molar-refractivity contribution in [1.29, 1.82) is 0 Å². The molecule has 1 atom stereocenters. The van der Waals surface area contributed by atoms with Crippen molar-refractivity contribution in [2.24, 2.45) is 5.41 Å². The maximum atomic E-state index is 12.4. The molecule has 0 aliphatic carbocycles. The number of carbonyl (C=O) groups is 2. The van der Waals surface area contributed by atoms with E-state index in [0.717, 1.165) is 5.56 Å². The average Bonchev–Trinajstić information content (AvgIpc) is 2.43. The molecule has 21 heavy (non-hydrogen) atoms. The maximum absolute atomic E-state index is 12.4. The van der Waals surface area contributed by atoms with Crippen LogP contribution in [0.4, 0.5) is 0 Å². The molecule has 0 radical (unpaired) electrons. The lowest BCUT2D eigenvalue weighted by Gasteiger charge is -2.25. The number of nitrogens with one attached hydrogen (secondary N) is 1. The minimum atomic E-state index is -0.938. The van der Waals surface area contributed by atoms with E-state index in [1.807, 2.05) is 45.9 Å². The van der Waals surface area contributed by atoms with Gasteiger partial charge in [-0.1, -0.05) is 45.9 Å². The van der Waals surface area contributed by atoms with Crippen LogP contribution in [0.2, 0.25) is 0 Å². The molecule has 1 rings (SSSR count). The number of rotatable bonds is 5. The Morgan fingerprint density at radius 1 is 1.14 bits per heavy atom. The van der Waals surface area contributed by atoms with E-state index in [-0.39, 0.29) is 17.9 Å². The Labute approximate surface area is 126 Å². The first kappa shape index (κ1) is 17.2. The minimum Gasteiger partial charge on any atom is -0.481 e. The highest BCUT2D eigenvalue weighted by atomic mass is 16.4. The second-order valence-corrected chi connectivity index (χ2v) is 6.70. The van der Waals surface area contributed by atoms with Crippen molar-refractivity contribution in [3.63, 3.8) is 0 Å². The standard InChI is InChI=1S/C17H25NO3/c1-6-17(5,15(20)21)11-18-14(19)12-9-7-8-10-13(12)16(2,3)4/h7-10H,6,11H2,1-5H3,(H,18,19)(H,20,21). The largest absolute Gasteiger partial charge is 0.481 e. The molecule has 0 bridgehead atoms. The monoisotopic (exact) mass is 291 g/mol. The van der Waals surface area contributed by atoms with E-state index in [0.29, 0.717) is 12.0 Å². The van der Waals surface area contributed by atoms with Crippen molar-refractivity contribution in [3.05, 3.63) is 35.4 Å². The first-order valence-corrected chi connectivity index (χ1v) is 7.23. The van der Waals surface area contributed by atoms with Gasteiger partial charge in [0.25, 0.3) is 5.91 Å². The van der Waals surface area contributed by atoms with Crippen LogP contribution in [-0.4, -0.2) is 23.5 Å². The quantitative estimate of drug-likeness (QED) is 0.875. The predicted octanol–water partition coefficient (Wildman–Crippen LogP) is 3.21. The number of hydrogen-bond acceptors (Lipinski definition) is 2. The second kappa shape index (κ2) is 6.29. The third kappa shape index (κ3) is 4.06. The highest BCUT2D eigenvalue weighted by Crippen LogP contribution is 2.26. The molecule has 0 heterocycles. The van der Waals surface area contributed by atoms with Gasteiger partial charge in [-0.25, -0.2) is 0 Å². The third-order valence-electron chi connectivity index (χ3n) is 3.92. The number of carboxylic acids is 1. The maximum Gasteiger partial charge on any atom is 0.311 e. The number of hydrogen-bond donors (Lipinski definition) is 2. The Morgan fingerprint density at radius 3 is 2.19 bits per heavy atom. The fourth-order valence-electron chi connectivity index (χ4n) is 2.06. The molecule has 0 saturated heterocycles. The van der Waals surface area contributed by atoms with Crippen molar-refractivity contribution in [2.45, 2.75) is 46.5 Å². The summed E-state index contributed by atoms with van der Waals surface area (Å²) in [5, 5.41) is 12.0. The lowest BCUT2D eigenvalue weighted by atomic mass is 9.83. The van der Waals surface area contributed by atoms with Gasteiger partial charge in [0, 0.05) is 12.1 Å². The molecular weight excluding hydrogens is 266 g/mol. The van der Waals surface area contributed by atoms with Crippen LogP contribution in [0.1, 0.15) is 57.0 Å². The molecule has 2 N–H and O–H groups in total. The first-order chi connectivity index (χ1) is 9.62. The van der Waals surface area contributed by atoms with E-state index in [2.05, 4.69) is 5.32 Å². The summed E-state index contributed by atoms with van der Waals surface area (Å²) in [6, 6.07) is 7.44. The van der Waals surface area contributed by atoms with Crippen LogP contribution in [0.25, 0.3) is 0 Å². The van der Waals surface area contributed by atoms with Crippen LogP contribution < -0.4 is 5.32 Å². The van der Waals surface area contributed by atoms with Gasteiger partial charge in [-0.2, -0.15) is 0 Å². The number of carbonyl (C=O) groups excluding carboxylic acids is 1. The SMILES string of the molecule is CCC(C)(CNC(=O)c1ccccc1C(C)(C)C)C(=O)O. The minimum absolute atomic E-state index is 0.121. The summed E-state index contributed by atoms with van der Waals surface area (Å²) in [5.41, 5.74) is 0.478. The Hall–Kier alpha value is -1.84. The van der Waals surface area contributed by atoms with Crippen molar-refractivity contribution >= 4 is 11.9 Å². The number of benzene rings is 1. The number of aliphatic carboxylic acids is 1. The van der Waals surface area contributed by atoms with Crippen molar-refractivity contribution < 1.29 is 14.7 Å². The zero-order valence-corrected chi connectivity index (χ0v) is 13.5. The van der Waals surface area contributed by atoms with Crippen LogP contribution in [0.15, 0.2) is 24.3 Å². The summed E-state index contributed by atoms with van der Waals surface area (Å²) in [6.45, 7) is 9.72. The van der Waals surface area contributed by atoms with Crippen molar-refractivity contribution in [3.8, 4) is 0 Å². The lowest BCUT2D eigenvalue weighted by molar-refractivity contribution is -0.147. The van der Waals surface area contributed by atoms with Gasteiger partial charge in [0.2, 0.25) is 0 Å². The molecule has 0 aromatic heterocycles. The molecule has 4 nitrogen and oxygen atoms in total. The predicted molar refractivity (Wildman–Crippen MR) is 83.5 cm³/mol.